The van der Waals surface area contributed by atoms with E-state index in [1.807, 2.05) is 0 Å². The van der Waals surface area contributed by atoms with Crippen LogP contribution in [0.1, 0.15) is 68.9 Å². The van der Waals surface area contributed by atoms with E-state index in [-0.39, 0.29) is 24.4 Å². The summed E-state index contributed by atoms with van der Waals surface area (Å²) in [5, 5.41) is 0. The molecule has 0 amide bonds. The van der Waals surface area contributed by atoms with E-state index in [1.165, 1.54) is 44.5 Å². The third-order valence-corrected chi connectivity index (χ3v) is 6.91. The van der Waals surface area contributed by atoms with E-state index < -0.39 is 0 Å². The highest BCUT2D eigenvalue weighted by Crippen LogP contribution is 2.51. The third kappa shape index (κ3) is 1.65. The highest BCUT2D eigenvalue weighted by atomic mass is 16.5. The summed E-state index contributed by atoms with van der Waals surface area (Å²) in [7, 11) is 0. The minimum absolute atomic E-state index is 0.182. The van der Waals surface area contributed by atoms with E-state index in [1.54, 1.807) is 0 Å². The molecule has 8 bridgehead atoms. The molecule has 0 unspecified atom stereocenters. The van der Waals surface area contributed by atoms with Crippen LogP contribution < -0.4 is 0 Å². The Morgan fingerprint density at radius 1 is 0.462 bits per heavy atom. The highest BCUT2D eigenvalue weighted by molar-refractivity contribution is 5.55. The van der Waals surface area contributed by atoms with Crippen molar-refractivity contribution in [2.75, 3.05) is 0 Å². The van der Waals surface area contributed by atoms with E-state index in [0.29, 0.717) is 0 Å². The maximum Gasteiger partial charge on any atom is 0.103 e. The second-order valence-electron chi connectivity index (χ2n) is 8.15. The van der Waals surface area contributed by atoms with Gasteiger partial charge in [0.2, 0.25) is 0 Å². The summed E-state index contributed by atoms with van der Waals surface area (Å²) in [6.07, 6.45) is 14.0. The second kappa shape index (κ2) is 4.76. The fourth-order valence-electron chi connectivity index (χ4n) is 5.77. The predicted octanol–water partition coefficient (Wildman–Crippen LogP) is 4.93. The Labute approximate surface area is 153 Å². The Morgan fingerprint density at radius 2 is 0.731 bits per heavy atom. The molecule has 4 atom stereocenters. The van der Waals surface area contributed by atoms with Crippen LogP contribution in [0.3, 0.4) is 0 Å². The van der Waals surface area contributed by atoms with E-state index in [4.69, 9.17) is 9.47 Å². The Kier molecular flexibility index (Phi) is 2.56. The van der Waals surface area contributed by atoms with Crippen molar-refractivity contribution in [3.8, 4) is 0 Å². The maximum atomic E-state index is 6.21. The average molecular weight is 340 g/mol. The summed E-state index contributed by atoms with van der Waals surface area (Å²) in [6.45, 7) is 0. The minimum atomic E-state index is 0.182. The molecule has 4 heterocycles. The molecule has 0 saturated heterocycles. The van der Waals surface area contributed by atoms with Crippen molar-refractivity contribution in [1.82, 2.24) is 0 Å². The summed E-state index contributed by atoms with van der Waals surface area (Å²) in [4.78, 5) is 0. The summed E-state index contributed by atoms with van der Waals surface area (Å²) >= 11 is 0. The number of aryl methyl sites for hydroxylation is 4. The first-order valence-corrected chi connectivity index (χ1v) is 9.83. The van der Waals surface area contributed by atoms with Crippen LogP contribution in [0.15, 0.2) is 48.6 Å². The first-order chi connectivity index (χ1) is 12.9. The number of rotatable bonds is 0. The molecule has 4 aliphatic heterocycles. The molecular formula is C24H20O2. The standard InChI is InChI=1S/C24H20O2/c1-2-14-7-8-16-4-3-15(23-19-11-12-20(26-19)24(16)23)6-5-13(1)21-17-9-10-18(25-17)22(14)21/h1-4,9-12,17-20H,5-8H2/t17-,18+,19-,20+. The van der Waals surface area contributed by atoms with Crippen LogP contribution in [-0.2, 0) is 35.2 Å². The van der Waals surface area contributed by atoms with Crippen molar-refractivity contribution in [2.45, 2.75) is 50.1 Å². The largest absolute Gasteiger partial charge is 0.357 e. The van der Waals surface area contributed by atoms with Crippen molar-refractivity contribution < 1.29 is 9.47 Å². The van der Waals surface area contributed by atoms with E-state index in [0.717, 1.165) is 25.7 Å². The monoisotopic (exact) mass is 340 g/mol. The van der Waals surface area contributed by atoms with Crippen molar-refractivity contribution in [2.24, 2.45) is 0 Å². The van der Waals surface area contributed by atoms with Gasteiger partial charge in [0.05, 0.1) is 0 Å². The lowest BCUT2D eigenvalue weighted by Crippen LogP contribution is -2.11. The molecule has 0 N–H and O–H groups in total. The topological polar surface area (TPSA) is 18.5 Å². The molecule has 2 aromatic carbocycles. The van der Waals surface area contributed by atoms with E-state index >= 15 is 0 Å². The van der Waals surface area contributed by atoms with E-state index in [2.05, 4.69) is 48.6 Å². The molecule has 26 heavy (non-hydrogen) atoms. The predicted molar refractivity (Wildman–Crippen MR) is 99.1 cm³/mol. The molecule has 128 valence electrons. The SMILES string of the molecule is C1=C[C@H]2O[C@@H]1c1c3ccc(c12)CCc1ccc(c2c1[C@H]1C=C[C@@H]2O1)CC3. The van der Waals surface area contributed by atoms with Crippen LogP contribution >= 0.6 is 0 Å². The summed E-state index contributed by atoms with van der Waals surface area (Å²) < 4.78 is 12.4. The zero-order valence-corrected chi connectivity index (χ0v) is 14.6. The Morgan fingerprint density at radius 3 is 1.00 bits per heavy atom. The van der Waals surface area contributed by atoms with Crippen LogP contribution in [0.4, 0.5) is 0 Å². The number of benzene rings is 2. The number of fused-ring (bicyclic) bond motifs is 10. The van der Waals surface area contributed by atoms with Crippen LogP contribution in [0.2, 0.25) is 0 Å². The van der Waals surface area contributed by atoms with Gasteiger partial charge in [0, 0.05) is 0 Å². The normalized spacial score (nSPS) is 31.4. The molecule has 0 aromatic heterocycles. The lowest BCUT2D eigenvalue weighted by Gasteiger charge is -2.22. The molecule has 2 heteroatoms. The Balaban J connectivity index is 1.41. The smallest absolute Gasteiger partial charge is 0.103 e. The van der Waals surface area contributed by atoms with Crippen LogP contribution in [0, 0.1) is 0 Å². The van der Waals surface area contributed by atoms with E-state index in [9.17, 15) is 0 Å². The zero-order chi connectivity index (χ0) is 16.8. The lowest BCUT2D eigenvalue weighted by molar-refractivity contribution is 0.0868. The third-order valence-electron chi connectivity index (χ3n) is 6.91. The van der Waals surface area contributed by atoms with Gasteiger partial charge < -0.3 is 9.47 Å². The molecular weight excluding hydrogens is 320 g/mol. The van der Waals surface area contributed by atoms with Gasteiger partial charge in [-0.3, -0.25) is 0 Å². The summed E-state index contributed by atoms with van der Waals surface area (Å²) in [5.41, 5.74) is 11.8. The minimum Gasteiger partial charge on any atom is -0.357 e. The second-order valence-corrected chi connectivity index (χ2v) is 8.15. The fraction of sp³-hybridized carbons (Fsp3) is 0.333. The van der Waals surface area contributed by atoms with Gasteiger partial charge in [0.1, 0.15) is 24.4 Å². The van der Waals surface area contributed by atoms with Gasteiger partial charge >= 0.3 is 0 Å². The quantitative estimate of drug-likeness (QED) is 0.633. The molecule has 6 aliphatic rings. The average Bonchev–Trinajstić information content (AvgIpc) is 3.44. The molecule has 2 aromatic rings. The van der Waals surface area contributed by atoms with Crippen LogP contribution in [-0.4, -0.2) is 0 Å². The first kappa shape index (κ1) is 14.0. The number of ether oxygens (including phenoxy) is 2. The number of hydrogen-bond acceptors (Lipinski definition) is 2. The fourth-order valence-corrected chi connectivity index (χ4v) is 5.77. The van der Waals surface area contributed by atoms with Gasteiger partial charge in [0.15, 0.2) is 0 Å². The molecule has 0 spiro atoms. The van der Waals surface area contributed by atoms with Crippen molar-refractivity contribution in [3.05, 3.63) is 93.1 Å². The molecule has 8 rings (SSSR count). The molecule has 2 nitrogen and oxygen atoms in total. The lowest BCUT2D eigenvalue weighted by atomic mass is 9.81. The summed E-state index contributed by atoms with van der Waals surface area (Å²) in [6, 6.07) is 9.46. The van der Waals surface area contributed by atoms with Crippen molar-refractivity contribution >= 4 is 0 Å². The first-order valence-electron chi connectivity index (χ1n) is 9.83. The molecule has 0 radical (unpaired) electrons. The van der Waals surface area contributed by atoms with Gasteiger partial charge in [-0.05, 0) is 70.2 Å². The van der Waals surface area contributed by atoms with Crippen molar-refractivity contribution in [1.29, 1.82) is 0 Å². The van der Waals surface area contributed by atoms with Crippen LogP contribution in [0.5, 0.6) is 0 Å². The van der Waals surface area contributed by atoms with Gasteiger partial charge in [0.25, 0.3) is 0 Å². The molecule has 0 saturated carbocycles. The Hall–Kier alpha value is -2.16. The van der Waals surface area contributed by atoms with Gasteiger partial charge in [-0.1, -0.05) is 48.6 Å². The van der Waals surface area contributed by atoms with Gasteiger partial charge in [-0.15, -0.1) is 0 Å². The summed E-state index contributed by atoms with van der Waals surface area (Å²) in [5.74, 6) is 0. The van der Waals surface area contributed by atoms with Gasteiger partial charge in [-0.2, -0.15) is 0 Å². The highest BCUT2D eigenvalue weighted by Gasteiger charge is 2.39. The Bertz CT molecular complexity index is 867. The molecule has 2 aliphatic carbocycles. The molecule has 0 fully saturated rings. The maximum absolute atomic E-state index is 6.21. The zero-order valence-electron chi connectivity index (χ0n) is 14.6. The van der Waals surface area contributed by atoms with Gasteiger partial charge in [-0.25, -0.2) is 0 Å². The number of hydrogen-bond donors (Lipinski definition) is 0. The van der Waals surface area contributed by atoms with Crippen LogP contribution in [0.25, 0.3) is 0 Å². The van der Waals surface area contributed by atoms with Crippen molar-refractivity contribution in [3.63, 3.8) is 0 Å².